The first-order chi connectivity index (χ1) is 20.0. The van der Waals surface area contributed by atoms with Crippen molar-refractivity contribution in [3.8, 4) is 11.5 Å². The molecule has 0 bridgehead atoms. The molecule has 0 spiro atoms. The molecule has 0 aliphatic rings. The molecule has 0 aliphatic carbocycles. The summed E-state index contributed by atoms with van der Waals surface area (Å²) in [6.45, 7) is 0.465. The number of pyridine rings is 1. The van der Waals surface area contributed by atoms with Crippen LogP contribution in [0.1, 0.15) is 54.6 Å². The van der Waals surface area contributed by atoms with Crippen molar-refractivity contribution in [3.63, 3.8) is 0 Å². The fraction of sp³-hybridized carbons (Fsp3) is 0.286. The third-order valence-corrected chi connectivity index (χ3v) is 6.16. The fourth-order valence-electron chi connectivity index (χ4n) is 3.74. The van der Waals surface area contributed by atoms with E-state index in [1.54, 1.807) is 23.7 Å². The first-order valence-corrected chi connectivity index (χ1v) is 13.3. The fourth-order valence-corrected chi connectivity index (χ4v) is 3.97. The highest BCUT2D eigenvalue weighted by molar-refractivity contribution is 6.31. The van der Waals surface area contributed by atoms with Crippen LogP contribution in [0.25, 0.3) is 0 Å². The molecule has 42 heavy (non-hydrogen) atoms. The Morgan fingerprint density at radius 1 is 0.857 bits per heavy atom. The summed E-state index contributed by atoms with van der Waals surface area (Å²) in [5.41, 5.74) is 0.990. The zero-order valence-corrected chi connectivity index (χ0v) is 23.0. The van der Waals surface area contributed by atoms with Crippen LogP contribution in [0, 0.1) is 0 Å². The number of benzene rings is 2. The molecule has 0 unspecified atom stereocenters. The monoisotopic (exact) mass is 607 g/mol. The van der Waals surface area contributed by atoms with E-state index in [2.05, 4.69) is 20.9 Å². The number of anilines is 2. The molecule has 0 radical (unpaired) electrons. The SMILES string of the molecule is O=C(CCCCCCCNC(=O)c1cc(Oc2ccc(NC(=O)Nc3ccc(Cl)c(C(F)(F)F)c3)cc2)ccn1)NO. The Balaban J connectivity index is 1.44. The largest absolute Gasteiger partial charge is 0.457 e. The first-order valence-electron chi connectivity index (χ1n) is 12.9. The van der Waals surface area contributed by atoms with Crippen LogP contribution in [0.4, 0.5) is 29.3 Å². The van der Waals surface area contributed by atoms with Gasteiger partial charge in [-0.1, -0.05) is 30.9 Å². The zero-order valence-electron chi connectivity index (χ0n) is 22.3. The van der Waals surface area contributed by atoms with Gasteiger partial charge in [-0.3, -0.25) is 19.8 Å². The molecule has 4 amide bonds. The number of hydrogen-bond donors (Lipinski definition) is 5. The van der Waals surface area contributed by atoms with E-state index in [1.165, 1.54) is 30.5 Å². The van der Waals surface area contributed by atoms with Gasteiger partial charge in [0.05, 0.1) is 10.6 Å². The van der Waals surface area contributed by atoms with E-state index in [0.29, 0.717) is 30.2 Å². The number of unbranched alkanes of at least 4 members (excludes halogenated alkanes) is 4. The van der Waals surface area contributed by atoms with Crippen LogP contribution in [-0.2, 0) is 11.0 Å². The highest BCUT2D eigenvalue weighted by atomic mass is 35.5. The number of hydroxylamine groups is 1. The van der Waals surface area contributed by atoms with Crippen LogP contribution in [0.2, 0.25) is 5.02 Å². The Hall–Kier alpha value is -4.36. The average Bonchev–Trinajstić information content (AvgIpc) is 2.95. The maximum Gasteiger partial charge on any atom is 0.417 e. The van der Waals surface area contributed by atoms with Crippen molar-refractivity contribution in [2.24, 2.45) is 0 Å². The molecule has 10 nitrogen and oxygen atoms in total. The lowest BCUT2D eigenvalue weighted by Gasteiger charge is -2.12. The molecule has 1 aromatic heterocycles. The normalized spacial score (nSPS) is 11.0. The third kappa shape index (κ3) is 10.6. The number of aromatic nitrogens is 1. The van der Waals surface area contributed by atoms with Crippen molar-refractivity contribution in [1.29, 1.82) is 0 Å². The molecule has 5 N–H and O–H groups in total. The van der Waals surface area contributed by atoms with Gasteiger partial charge in [0.1, 0.15) is 17.2 Å². The summed E-state index contributed by atoms with van der Waals surface area (Å²) >= 11 is 5.60. The summed E-state index contributed by atoms with van der Waals surface area (Å²) in [4.78, 5) is 39.7. The maximum atomic E-state index is 13.0. The van der Waals surface area contributed by atoms with Crippen LogP contribution in [0.3, 0.4) is 0 Å². The molecule has 0 atom stereocenters. The highest BCUT2D eigenvalue weighted by Crippen LogP contribution is 2.36. The Labute approximate surface area is 244 Å². The summed E-state index contributed by atoms with van der Waals surface area (Å²) in [7, 11) is 0. The second-order valence-electron chi connectivity index (χ2n) is 9.08. The lowest BCUT2D eigenvalue weighted by molar-refractivity contribution is -0.137. The van der Waals surface area contributed by atoms with E-state index in [0.717, 1.165) is 37.8 Å². The molecule has 0 aliphatic heterocycles. The van der Waals surface area contributed by atoms with Gasteiger partial charge in [0.2, 0.25) is 5.91 Å². The highest BCUT2D eigenvalue weighted by Gasteiger charge is 2.33. The molecule has 1 heterocycles. The van der Waals surface area contributed by atoms with Crippen molar-refractivity contribution in [2.45, 2.75) is 44.7 Å². The van der Waals surface area contributed by atoms with Crippen molar-refractivity contribution in [2.75, 3.05) is 17.2 Å². The topological polar surface area (TPSA) is 142 Å². The third-order valence-electron chi connectivity index (χ3n) is 5.83. The van der Waals surface area contributed by atoms with Gasteiger partial charge in [0.25, 0.3) is 5.91 Å². The predicted molar refractivity (Wildman–Crippen MR) is 150 cm³/mol. The van der Waals surface area contributed by atoms with Crippen molar-refractivity contribution in [1.82, 2.24) is 15.8 Å². The number of rotatable bonds is 13. The Morgan fingerprint density at radius 2 is 1.52 bits per heavy atom. The van der Waals surface area contributed by atoms with Gasteiger partial charge in [0, 0.05) is 36.6 Å². The predicted octanol–water partition coefficient (Wildman–Crippen LogP) is 6.77. The van der Waals surface area contributed by atoms with E-state index in [4.69, 9.17) is 21.5 Å². The smallest absolute Gasteiger partial charge is 0.417 e. The Kier molecular flexibility index (Phi) is 11.9. The van der Waals surface area contributed by atoms with E-state index in [-0.39, 0.29) is 23.7 Å². The number of halogens is 4. The number of carbonyl (C=O) groups is 3. The van der Waals surface area contributed by atoms with Crippen molar-refractivity contribution in [3.05, 3.63) is 77.1 Å². The minimum absolute atomic E-state index is 0.0799. The quantitative estimate of drug-likeness (QED) is 0.0825. The van der Waals surface area contributed by atoms with E-state index in [9.17, 15) is 27.6 Å². The Morgan fingerprint density at radius 3 is 2.24 bits per heavy atom. The van der Waals surface area contributed by atoms with Crippen molar-refractivity contribution < 1.29 is 37.5 Å². The number of carbonyl (C=O) groups excluding carboxylic acids is 3. The minimum atomic E-state index is -4.66. The van der Waals surface area contributed by atoms with Gasteiger partial charge in [-0.05, 0) is 61.4 Å². The van der Waals surface area contributed by atoms with E-state index >= 15 is 0 Å². The van der Waals surface area contributed by atoms with Gasteiger partial charge in [-0.25, -0.2) is 10.3 Å². The maximum absolute atomic E-state index is 13.0. The molecule has 0 saturated carbocycles. The summed E-state index contributed by atoms with van der Waals surface area (Å²) in [5, 5.41) is 15.6. The summed E-state index contributed by atoms with van der Waals surface area (Å²) in [6, 6.07) is 11.6. The number of hydrogen-bond acceptors (Lipinski definition) is 6. The summed E-state index contributed by atoms with van der Waals surface area (Å²) in [6.07, 6.45) is 1.13. The van der Waals surface area contributed by atoms with E-state index < -0.39 is 28.7 Å². The van der Waals surface area contributed by atoms with Crippen LogP contribution < -0.4 is 26.2 Å². The molecule has 14 heteroatoms. The second-order valence-corrected chi connectivity index (χ2v) is 9.49. The second kappa shape index (κ2) is 15.6. The van der Waals surface area contributed by atoms with Gasteiger partial charge in [-0.2, -0.15) is 13.2 Å². The van der Waals surface area contributed by atoms with Gasteiger partial charge in [0.15, 0.2) is 0 Å². The molecular formula is C28H29ClF3N5O5. The zero-order chi connectivity index (χ0) is 30.5. The molecule has 0 fully saturated rings. The van der Waals surface area contributed by atoms with E-state index in [1.807, 2.05) is 0 Å². The number of ether oxygens (including phenoxy) is 1. The minimum Gasteiger partial charge on any atom is -0.457 e. The average molecular weight is 608 g/mol. The number of amides is 4. The van der Waals surface area contributed by atoms with Gasteiger partial charge < -0.3 is 20.7 Å². The number of alkyl halides is 3. The molecule has 224 valence electrons. The number of urea groups is 1. The van der Waals surface area contributed by atoms with Crippen molar-refractivity contribution >= 4 is 40.8 Å². The standard InChI is InChI=1S/C28H29ClF3N5O5/c29-23-12-9-19(16-22(23)28(30,31)32)36-27(40)35-18-7-10-20(11-8-18)42-21-13-15-33-24(17-21)26(39)34-14-5-3-1-2-4-6-25(38)37-41/h7-13,15-17,41H,1-6,14H2,(H,34,39)(H,37,38)(H2,35,36,40). The lowest BCUT2D eigenvalue weighted by Crippen LogP contribution is -2.25. The molecule has 0 saturated heterocycles. The molecular weight excluding hydrogens is 579 g/mol. The van der Waals surface area contributed by atoms with Crippen LogP contribution in [0.5, 0.6) is 11.5 Å². The summed E-state index contributed by atoms with van der Waals surface area (Å²) in [5.74, 6) is 0.0149. The van der Waals surface area contributed by atoms with Crippen LogP contribution in [0.15, 0.2) is 60.8 Å². The first kappa shape index (κ1) is 32.2. The van der Waals surface area contributed by atoms with Gasteiger partial charge >= 0.3 is 12.2 Å². The number of nitrogens with one attached hydrogen (secondary N) is 4. The molecule has 3 aromatic rings. The molecule has 3 rings (SSSR count). The lowest BCUT2D eigenvalue weighted by atomic mass is 10.1. The van der Waals surface area contributed by atoms with Gasteiger partial charge in [-0.15, -0.1) is 0 Å². The van der Waals surface area contributed by atoms with Crippen LogP contribution >= 0.6 is 11.6 Å². The van der Waals surface area contributed by atoms with Crippen LogP contribution in [-0.4, -0.2) is 34.6 Å². The number of nitrogens with zero attached hydrogens (tertiary/aromatic N) is 1. The Bertz CT molecular complexity index is 1370. The summed E-state index contributed by atoms with van der Waals surface area (Å²) < 4.78 is 44.9. The molecule has 2 aromatic carbocycles.